The Hall–Kier alpha value is -2.41. The van der Waals surface area contributed by atoms with E-state index in [0.29, 0.717) is 11.4 Å². The van der Waals surface area contributed by atoms with Crippen LogP contribution in [-0.2, 0) is 12.6 Å². The number of aromatic nitrogens is 2. The van der Waals surface area contributed by atoms with Gasteiger partial charge in [0.1, 0.15) is 11.4 Å². The van der Waals surface area contributed by atoms with Crippen LogP contribution in [0.25, 0.3) is 0 Å². The highest BCUT2D eigenvalue weighted by Crippen LogP contribution is 2.19. The number of carbonyl (C=O) groups is 1. The molecule has 3 N–H and O–H groups in total. The lowest BCUT2D eigenvalue weighted by atomic mass is 9.96. The minimum absolute atomic E-state index is 0.0176. The number of nitrogens with one attached hydrogen (secondary N) is 2. The molecular weight excluding hydrogens is 287 g/mol. The van der Waals surface area contributed by atoms with Gasteiger partial charge in [-0.05, 0) is 31.5 Å². The Morgan fingerprint density at radius 3 is 2.59 bits per heavy atom. The van der Waals surface area contributed by atoms with Gasteiger partial charge in [-0.15, -0.1) is 0 Å². The number of halogens is 1. The van der Waals surface area contributed by atoms with E-state index in [9.17, 15) is 14.3 Å². The number of nitrogens with zero attached hydrogens (tertiary/aromatic N) is 2. The van der Waals surface area contributed by atoms with Crippen LogP contribution in [0.1, 0.15) is 18.2 Å². The molecule has 1 heterocycles. The first-order chi connectivity index (χ1) is 10.3. The lowest BCUT2D eigenvalue weighted by Crippen LogP contribution is -2.40. The van der Waals surface area contributed by atoms with Gasteiger partial charge < -0.3 is 10.4 Å². The molecule has 0 radical (unpaired) electrons. The van der Waals surface area contributed by atoms with E-state index in [1.54, 1.807) is 24.7 Å². The van der Waals surface area contributed by atoms with Gasteiger partial charge in [-0.3, -0.25) is 10.00 Å². The van der Waals surface area contributed by atoms with Crippen molar-refractivity contribution in [3.63, 3.8) is 0 Å². The lowest BCUT2D eigenvalue weighted by Gasteiger charge is -2.24. The highest BCUT2D eigenvalue weighted by Gasteiger charge is 2.24. The third-order valence-electron chi connectivity index (χ3n) is 3.41. The number of benzene rings is 1. The molecule has 1 aromatic heterocycles. The van der Waals surface area contributed by atoms with Gasteiger partial charge in [0.15, 0.2) is 5.82 Å². The number of hydrogen-bond acceptors (Lipinski definition) is 3. The number of amides is 2. The normalized spacial score (nSPS) is 13.5. The Kier molecular flexibility index (Phi) is 4.46. The van der Waals surface area contributed by atoms with Gasteiger partial charge >= 0.3 is 6.03 Å². The molecule has 2 aromatic rings. The molecule has 0 saturated carbocycles. The van der Waals surface area contributed by atoms with E-state index in [1.165, 1.54) is 24.3 Å². The van der Waals surface area contributed by atoms with Gasteiger partial charge in [0.25, 0.3) is 0 Å². The summed E-state index contributed by atoms with van der Waals surface area (Å²) in [6, 6.07) is 6.76. The third-order valence-corrected chi connectivity index (χ3v) is 3.41. The molecule has 6 nitrogen and oxygen atoms in total. The zero-order valence-corrected chi connectivity index (χ0v) is 12.7. The first kappa shape index (κ1) is 16.0. The van der Waals surface area contributed by atoms with Crippen LogP contribution in [-0.4, -0.2) is 27.5 Å². The summed E-state index contributed by atoms with van der Waals surface area (Å²) < 4.78 is 14.5. The maximum atomic E-state index is 12.9. The summed E-state index contributed by atoms with van der Waals surface area (Å²) in [5, 5.41) is 19.6. The van der Waals surface area contributed by atoms with Gasteiger partial charge in [0.05, 0.1) is 6.54 Å². The monoisotopic (exact) mass is 306 g/mol. The fourth-order valence-electron chi connectivity index (χ4n) is 1.95. The summed E-state index contributed by atoms with van der Waals surface area (Å²) in [4.78, 5) is 11.8. The largest absolute Gasteiger partial charge is 0.384 e. The van der Waals surface area contributed by atoms with E-state index < -0.39 is 11.6 Å². The highest BCUT2D eigenvalue weighted by atomic mass is 19.1. The van der Waals surface area contributed by atoms with Crippen LogP contribution in [0.15, 0.2) is 30.3 Å². The minimum Gasteiger partial charge on any atom is -0.384 e. The molecular formula is C15H19FN4O2. The predicted molar refractivity (Wildman–Crippen MR) is 80.9 cm³/mol. The van der Waals surface area contributed by atoms with Crippen LogP contribution in [0.3, 0.4) is 0 Å². The molecule has 0 aliphatic rings. The second kappa shape index (κ2) is 6.15. The number of carbonyl (C=O) groups excluding carboxylic acids is 1. The smallest absolute Gasteiger partial charge is 0.320 e. The predicted octanol–water partition coefficient (Wildman–Crippen LogP) is 1.90. The summed E-state index contributed by atoms with van der Waals surface area (Å²) in [5.41, 5.74) is 0.127. The molecule has 2 rings (SSSR count). The molecule has 0 spiro atoms. The summed E-state index contributed by atoms with van der Waals surface area (Å²) in [6.07, 6.45) is 0. The maximum absolute atomic E-state index is 12.9. The Balaban J connectivity index is 1.93. The average Bonchev–Trinajstić information content (AvgIpc) is 2.75. The quantitative estimate of drug-likeness (QED) is 0.807. The van der Waals surface area contributed by atoms with Crippen molar-refractivity contribution in [3.8, 4) is 0 Å². The zero-order chi connectivity index (χ0) is 16.3. The number of aliphatic hydroxyl groups is 1. The second-order valence-corrected chi connectivity index (χ2v) is 5.38. The maximum Gasteiger partial charge on any atom is 0.320 e. The highest BCUT2D eigenvalue weighted by molar-refractivity contribution is 5.88. The topological polar surface area (TPSA) is 79.2 Å². The van der Waals surface area contributed by atoms with Crippen molar-refractivity contribution in [2.75, 3.05) is 11.9 Å². The number of rotatable bonds is 4. The van der Waals surface area contributed by atoms with Crippen molar-refractivity contribution in [2.24, 2.45) is 7.05 Å². The SMILES string of the molecule is Cc1cc(NC(=O)NCC(C)(O)c2ccc(F)cc2)nn1C. The molecule has 1 atom stereocenters. The average molecular weight is 306 g/mol. The van der Waals surface area contributed by atoms with Crippen molar-refractivity contribution in [1.82, 2.24) is 15.1 Å². The third kappa shape index (κ3) is 3.82. The lowest BCUT2D eigenvalue weighted by molar-refractivity contribution is 0.0599. The second-order valence-electron chi connectivity index (χ2n) is 5.38. The summed E-state index contributed by atoms with van der Waals surface area (Å²) in [7, 11) is 1.78. The molecule has 22 heavy (non-hydrogen) atoms. The Bertz CT molecular complexity index is 645. The first-order valence-electron chi connectivity index (χ1n) is 6.82. The molecule has 0 aliphatic heterocycles. The van der Waals surface area contributed by atoms with E-state index in [0.717, 1.165) is 5.69 Å². The van der Waals surface area contributed by atoms with Gasteiger partial charge in [-0.1, -0.05) is 12.1 Å². The first-order valence-corrected chi connectivity index (χ1v) is 6.82. The van der Waals surface area contributed by atoms with Gasteiger partial charge in [-0.25, -0.2) is 9.18 Å². The van der Waals surface area contributed by atoms with Crippen LogP contribution in [0, 0.1) is 12.7 Å². The van der Waals surface area contributed by atoms with Gasteiger partial charge in [0.2, 0.25) is 0 Å². The van der Waals surface area contributed by atoms with E-state index in [2.05, 4.69) is 15.7 Å². The Labute approximate surface area is 128 Å². The van der Waals surface area contributed by atoms with Gasteiger partial charge in [0, 0.05) is 18.8 Å². The number of hydrogen-bond donors (Lipinski definition) is 3. The van der Waals surface area contributed by atoms with Crippen LogP contribution >= 0.6 is 0 Å². The van der Waals surface area contributed by atoms with Crippen LogP contribution < -0.4 is 10.6 Å². The summed E-state index contributed by atoms with van der Waals surface area (Å²) >= 11 is 0. The molecule has 0 saturated heterocycles. The van der Waals surface area contributed by atoms with E-state index >= 15 is 0 Å². The van der Waals surface area contributed by atoms with Crippen molar-refractivity contribution < 1.29 is 14.3 Å². The number of anilines is 1. The van der Waals surface area contributed by atoms with E-state index in [1.807, 2.05) is 6.92 Å². The Morgan fingerprint density at radius 2 is 2.05 bits per heavy atom. The van der Waals surface area contributed by atoms with Crippen LogP contribution in [0.5, 0.6) is 0 Å². The van der Waals surface area contributed by atoms with Crippen molar-refractivity contribution in [2.45, 2.75) is 19.4 Å². The fraction of sp³-hybridized carbons (Fsp3) is 0.333. The molecule has 0 fully saturated rings. The van der Waals surface area contributed by atoms with E-state index in [4.69, 9.17) is 0 Å². The fourth-order valence-corrected chi connectivity index (χ4v) is 1.95. The van der Waals surface area contributed by atoms with Gasteiger partial charge in [-0.2, -0.15) is 5.10 Å². The van der Waals surface area contributed by atoms with Crippen molar-refractivity contribution in [1.29, 1.82) is 0 Å². The molecule has 0 bridgehead atoms. The summed E-state index contributed by atoms with van der Waals surface area (Å²) in [6.45, 7) is 3.40. The molecule has 1 aromatic carbocycles. The minimum atomic E-state index is -1.30. The molecule has 2 amide bonds. The van der Waals surface area contributed by atoms with Crippen LogP contribution in [0.2, 0.25) is 0 Å². The number of aryl methyl sites for hydroxylation is 2. The van der Waals surface area contributed by atoms with Crippen molar-refractivity contribution >= 4 is 11.8 Å². The molecule has 118 valence electrons. The van der Waals surface area contributed by atoms with Crippen LogP contribution in [0.4, 0.5) is 15.0 Å². The standard InChI is InChI=1S/C15H19FN4O2/c1-10-8-13(19-20(10)3)18-14(21)17-9-15(2,22)11-4-6-12(16)7-5-11/h4-8,22H,9H2,1-3H3,(H2,17,18,19,21). The van der Waals surface area contributed by atoms with E-state index in [-0.39, 0.29) is 12.4 Å². The summed E-state index contributed by atoms with van der Waals surface area (Å²) in [5.74, 6) is 0.0506. The number of urea groups is 1. The molecule has 1 unspecified atom stereocenters. The molecule has 7 heteroatoms. The Morgan fingerprint density at radius 1 is 1.41 bits per heavy atom. The van der Waals surface area contributed by atoms with Crippen molar-refractivity contribution in [3.05, 3.63) is 47.4 Å². The molecule has 0 aliphatic carbocycles. The zero-order valence-electron chi connectivity index (χ0n) is 12.7.